The van der Waals surface area contributed by atoms with E-state index in [1.165, 1.54) is 5.06 Å². The summed E-state index contributed by atoms with van der Waals surface area (Å²) in [5.74, 6) is 0. The fraction of sp³-hybridized carbons (Fsp3) is 0.800. The minimum Gasteiger partial charge on any atom is -0.444 e. The highest BCUT2D eigenvalue weighted by molar-refractivity contribution is 5.68. The van der Waals surface area contributed by atoms with Crippen LogP contribution in [0.3, 0.4) is 0 Å². The van der Waals surface area contributed by atoms with Crippen molar-refractivity contribution in [1.29, 1.82) is 0 Å². The third-order valence-corrected chi connectivity index (χ3v) is 4.27. The summed E-state index contributed by atoms with van der Waals surface area (Å²) < 4.78 is 10.3. The largest absolute Gasteiger partial charge is 0.444 e. The Labute approximate surface area is 168 Å². The molecule has 1 saturated heterocycles. The van der Waals surface area contributed by atoms with Crippen LogP contribution in [0, 0.1) is 0 Å². The second-order valence-corrected chi connectivity index (χ2v) is 9.45. The third kappa shape index (κ3) is 7.31. The third-order valence-electron chi connectivity index (χ3n) is 4.27. The lowest BCUT2D eigenvalue weighted by molar-refractivity contribution is -0.139. The summed E-state index contributed by atoms with van der Waals surface area (Å²) in [4.78, 5) is 28.2. The highest BCUT2D eigenvalue weighted by atomic mass is 16.7. The molecule has 4 atom stereocenters. The van der Waals surface area contributed by atoms with Gasteiger partial charge in [0.1, 0.15) is 17.3 Å². The van der Waals surface area contributed by atoms with Crippen LogP contribution in [0.1, 0.15) is 68.7 Å². The Bertz CT molecular complexity index is 599. The van der Waals surface area contributed by atoms with Crippen LogP contribution in [0.25, 0.3) is 0 Å². The number of fused-ring (bicyclic) bond motifs is 2. The molecule has 1 saturated carbocycles. The van der Waals surface area contributed by atoms with Crippen LogP contribution in [0.15, 0.2) is 12.2 Å². The van der Waals surface area contributed by atoms with Gasteiger partial charge in [0, 0.05) is 13.9 Å². The van der Waals surface area contributed by atoms with Gasteiger partial charge < -0.3 is 19.9 Å². The van der Waals surface area contributed by atoms with E-state index in [9.17, 15) is 14.7 Å². The number of hydroxylamine groups is 2. The predicted molar refractivity (Wildman–Crippen MR) is 106 cm³/mol. The van der Waals surface area contributed by atoms with Crippen LogP contribution >= 0.6 is 0 Å². The number of nitrogens with zero attached hydrogens (tertiary/aromatic N) is 1. The minimum absolute atomic E-state index is 0. The number of rotatable bonds is 1. The maximum Gasteiger partial charge on any atom is 0.435 e. The van der Waals surface area contributed by atoms with E-state index in [0.29, 0.717) is 6.42 Å². The van der Waals surface area contributed by atoms with Gasteiger partial charge in [-0.25, -0.2) is 9.59 Å². The molecule has 3 rings (SSSR count). The molecule has 0 spiro atoms. The molecule has 0 radical (unpaired) electrons. The van der Waals surface area contributed by atoms with Crippen molar-refractivity contribution >= 4 is 12.2 Å². The summed E-state index contributed by atoms with van der Waals surface area (Å²) in [6, 6.07) is 0.134. The number of carbonyl (C=O) groups excluding carboxylic acids is 2. The molecule has 2 N–H and O–H groups in total. The number of carbonyl (C=O) groups is 2. The molecule has 2 aliphatic carbocycles. The molecule has 162 valence electrons. The lowest BCUT2D eigenvalue weighted by Crippen LogP contribution is -2.39. The summed E-state index contributed by atoms with van der Waals surface area (Å²) in [6.07, 6.45) is 6.07. The second-order valence-electron chi connectivity index (χ2n) is 9.45. The van der Waals surface area contributed by atoms with Crippen molar-refractivity contribution < 1.29 is 30.4 Å². The van der Waals surface area contributed by atoms with E-state index in [-0.39, 0.29) is 25.7 Å². The summed E-state index contributed by atoms with van der Waals surface area (Å²) in [7, 11) is 0. The van der Waals surface area contributed by atoms with Crippen LogP contribution in [0.2, 0.25) is 0 Å². The van der Waals surface area contributed by atoms with Gasteiger partial charge in [0.15, 0.2) is 0 Å². The standard InChI is InChI=1S/C10H15NO3.C10H19NO3.H2/c1-10(2,3)13-9(12)11-7-4-5-8(6-7)14-11;1-10(2,3)14-9(13)11-7-4-5-8(12)6-7;/h4-5,7-8H,6H2,1-3H3;7-8,12H,4-6H2,1-3H3,(H,11,13);1H/t;7-,8+;/m.0./s1. The first-order chi connectivity index (χ1) is 12.8. The highest BCUT2D eigenvalue weighted by Crippen LogP contribution is 2.30. The fourth-order valence-corrected chi connectivity index (χ4v) is 3.17. The quantitative estimate of drug-likeness (QED) is 0.654. The molecule has 2 amide bonds. The van der Waals surface area contributed by atoms with Gasteiger partial charge in [-0.15, -0.1) is 0 Å². The molecule has 0 aromatic rings. The van der Waals surface area contributed by atoms with Crippen LogP contribution in [-0.4, -0.2) is 57.8 Å². The van der Waals surface area contributed by atoms with Crippen LogP contribution in [0.5, 0.6) is 0 Å². The number of nitrogens with one attached hydrogen (secondary N) is 1. The first-order valence-electron chi connectivity index (χ1n) is 9.87. The Hall–Kier alpha value is -1.80. The Balaban J connectivity index is 0.000000280. The first-order valence-corrected chi connectivity index (χ1v) is 9.87. The molecule has 0 aromatic carbocycles. The molecule has 3 aliphatic rings. The van der Waals surface area contributed by atoms with Gasteiger partial charge >= 0.3 is 12.2 Å². The fourth-order valence-electron chi connectivity index (χ4n) is 3.17. The molecular weight excluding hydrogens is 364 g/mol. The van der Waals surface area contributed by atoms with Crippen LogP contribution < -0.4 is 5.32 Å². The van der Waals surface area contributed by atoms with E-state index in [1.807, 2.05) is 53.7 Å². The Kier molecular flexibility index (Phi) is 6.98. The van der Waals surface area contributed by atoms with Gasteiger partial charge in [-0.2, -0.15) is 5.06 Å². The molecule has 8 nitrogen and oxygen atoms in total. The van der Waals surface area contributed by atoms with Gasteiger partial charge in [0.05, 0.1) is 12.1 Å². The zero-order chi connectivity index (χ0) is 21.1. The number of hydrogen-bond acceptors (Lipinski definition) is 6. The Morgan fingerprint density at radius 3 is 2.14 bits per heavy atom. The van der Waals surface area contributed by atoms with E-state index in [1.54, 1.807) is 0 Å². The molecule has 0 aromatic heterocycles. The molecule has 1 aliphatic heterocycles. The molecular formula is C20H36N2O6. The monoisotopic (exact) mass is 400 g/mol. The molecule has 2 fully saturated rings. The predicted octanol–water partition coefficient (Wildman–Crippen LogP) is 3.54. The van der Waals surface area contributed by atoms with Gasteiger partial charge in [-0.1, -0.05) is 12.2 Å². The lowest BCUT2D eigenvalue weighted by atomic mass is 10.2. The molecule has 1 heterocycles. The Morgan fingerprint density at radius 2 is 1.71 bits per heavy atom. The summed E-state index contributed by atoms with van der Waals surface area (Å²) in [5, 5.41) is 13.3. The average molecular weight is 401 g/mol. The normalized spacial score (nSPS) is 28.6. The topological polar surface area (TPSA) is 97.3 Å². The summed E-state index contributed by atoms with van der Waals surface area (Å²) in [5.41, 5.74) is -0.923. The van der Waals surface area contributed by atoms with Gasteiger partial charge in [0.25, 0.3) is 0 Å². The van der Waals surface area contributed by atoms with E-state index in [2.05, 4.69) is 5.32 Å². The number of aliphatic hydroxyl groups excluding tert-OH is 1. The zero-order valence-electron chi connectivity index (χ0n) is 17.7. The van der Waals surface area contributed by atoms with E-state index in [4.69, 9.17) is 14.3 Å². The Morgan fingerprint density at radius 1 is 1.07 bits per heavy atom. The van der Waals surface area contributed by atoms with Crippen molar-refractivity contribution in [2.24, 2.45) is 0 Å². The first kappa shape index (κ1) is 22.5. The number of hydrogen-bond donors (Lipinski definition) is 2. The molecule has 28 heavy (non-hydrogen) atoms. The van der Waals surface area contributed by atoms with Crippen molar-refractivity contribution in [1.82, 2.24) is 10.4 Å². The van der Waals surface area contributed by atoms with Crippen LogP contribution in [-0.2, 0) is 14.3 Å². The van der Waals surface area contributed by atoms with E-state index >= 15 is 0 Å². The number of aliphatic hydroxyl groups is 1. The van der Waals surface area contributed by atoms with Gasteiger partial charge in [0.2, 0.25) is 0 Å². The van der Waals surface area contributed by atoms with Crippen molar-refractivity contribution in [2.45, 2.75) is 103 Å². The second kappa shape index (κ2) is 8.69. The highest BCUT2D eigenvalue weighted by Gasteiger charge is 2.40. The van der Waals surface area contributed by atoms with E-state index < -0.39 is 23.4 Å². The van der Waals surface area contributed by atoms with Crippen molar-refractivity contribution in [3.8, 4) is 0 Å². The average Bonchev–Trinajstić information content (AvgIpc) is 3.21. The molecule has 2 unspecified atom stereocenters. The van der Waals surface area contributed by atoms with Gasteiger partial charge in [-0.05, 0) is 60.8 Å². The molecule has 8 heteroatoms. The van der Waals surface area contributed by atoms with Gasteiger partial charge in [-0.3, -0.25) is 4.84 Å². The van der Waals surface area contributed by atoms with Crippen LogP contribution in [0.4, 0.5) is 9.59 Å². The molecule has 2 bridgehead atoms. The smallest absolute Gasteiger partial charge is 0.435 e. The maximum atomic E-state index is 11.6. The minimum atomic E-state index is -0.466. The number of amides is 2. The number of ether oxygens (including phenoxy) is 2. The van der Waals surface area contributed by atoms with Crippen molar-refractivity contribution in [2.75, 3.05) is 0 Å². The van der Waals surface area contributed by atoms with Crippen molar-refractivity contribution in [3.63, 3.8) is 0 Å². The lowest BCUT2D eigenvalue weighted by Gasteiger charge is -2.27. The maximum absolute atomic E-state index is 11.6. The van der Waals surface area contributed by atoms with E-state index in [0.717, 1.165) is 19.3 Å². The summed E-state index contributed by atoms with van der Waals surface area (Å²) in [6.45, 7) is 11.0. The zero-order valence-corrected chi connectivity index (χ0v) is 17.7. The van der Waals surface area contributed by atoms with Crippen molar-refractivity contribution in [3.05, 3.63) is 12.2 Å². The number of alkyl carbamates (subject to hydrolysis) is 1. The summed E-state index contributed by atoms with van der Waals surface area (Å²) >= 11 is 0. The SMILES string of the molecule is CC(C)(C)OC(=O)N1OC2C=CC1C2.CC(C)(C)OC(=O)N[C@H]1CC[C@@H](O)C1.[HH].